The van der Waals surface area contributed by atoms with E-state index in [4.69, 9.17) is 0 Å². The summed E-state index contributed by atoms with van der Waals surface area (Å²) in [6.45, 7) is 4.00. The van der Waals surface area contributed by atoms with E-state index in [9.17, 15) is 0 Å². The molecule has 1 spiro atoms. The van der Waals surface area contributed by atoms with Crippen LogP contribution in [0.2, 0.25) is 0 Å². The molecule has 1 saturated carbocycles. The summed E-state index contributed by atoms with van der Waals surface area (Å²) in [7, 11) is 0. The van der Waals surface area contributed by atoms with Gasteiger partial charge in [0.2, 0.25) is 0 Å². The molecule has 1 N–H and O–H groups in total. The number of allylic oxidation sites excluding steroid dienone is 2. The fraction of sp³-hybridized carbons (Fsp3) is 0.455. The Hall–Kier alpha value is -0.980. The van der Waals surface area contributed by atoms with Gasteiger partial charge in [-0.3, -0.25) is 0 Å². The molecular formula is C11H17N. The maximum Gasteiger partial charge on any atom is 0.0690 e. The second-order valence-corrected chi connectivity index (χ2v) is 3.27. The van der Waals surface area contributed by atoms with Gasteiger partial charge in [-0.15, -0.1) is 0 Å². The van der Waals surface area contributed by atoms with Crippen molar-refractivity contribution in [2.45, 2.75) is 25.8 Å². The molecule has 12 heavy (non-hydrogen) atoms. The second-order valence-electron chi connectivity index (χ2n) is 3.27. The van der Waals surface area contributed by atoms with E-state index in [2.05, 4.69) is 35.8 Å². The first-order valence-electron chi connectivity index (χ1n) is 4.75. The van der Waals surface area contributed by atoms with E-state index >= 15 is 0 Å². The van der Waals surface area contributed by atoms with Crippen molar-refractivity contribution in [1.29, 1.82) is 0 Å². The predicted molar refractivity (Wildman–Crippen MR) is 53.8 cm³/mol. The Morgan fingerprint density at radius 3 is 3.17 bits per heavy atom. The van der Waals surface area contributed by atoms with Crippen molar-refractivity contribution in [3.05, 3.63) is 36.1 Å². The van der Waals surface area contributed by atoms with Gasteiger partial charge < -0.3 is 5.32 Å². The van der Waals surface area contributed by atoms with Crippen molar-refractivity contribution >= 4 is 0 Å². The number of nitrogens with one attached hydrogen (secondary N) is 1. The molecule has 0 radical (unpaired) electrons. The molecule has 0 aromatic heterocycles. The van der Waals surface area contributed by atoms with Gasteiger partial charge in [0.1, 0.15) is 0 Å². The molecule has 1 aliphatic heterocycles. The van der Waals surface area contributed by atoms with Crippen molar-refractivity contribution in [3.8, 4) is 0 Å². The molecule has 66 valence electrons. The minimum Gasteiger partial charge on any atom is -0.381 e. The topological polar surface area (TPSA) is 12.0 Å². The van der Waals surface area contributed by atoms with Crippen molar-refractivity contribution in [2.75, 3.05) is 0 Å². The molecule has 0 saturated heterocycles. The van der Waals surface area contributed by atoms with Gasteiger partial charge in [0.05, 0.1) is 5.54 Å². The molecule has 2 atom stereocenters. The van der Waals surface area contributed by atoms with Gasteiger partial charge in [0.15, 0.2) is 0 Å². The summed E-state index contributed by atoms with van der Waals surface area (Å²) < 4.78 is 0. The van der Waals surface area contributed by atoms with E-state index in [-0.39, 0.29) is 1.43 Å². The normalized spacial score (nSPS) is 38.5. The maximum absolute atomic E-state index is 3.41. The molecule has 1 heteroatoms. The summed E-state index contributed by atoms with van der Waals surface area (Å²) in [6, 6.07) is 0. The first-order chi connectivity index (χ1) is 5.92. The maximum atomic E-state index is 3.41. The van der Waals surface area contributed by atoms with Gasteiger partial charge in [-0.05, 0) is 24.3 Å². The summed E-state index contributed by atoms with van der Waals surface area (Å²) in [5, 5.41) is 3.41. The van der Waals surface area contributed by atoms with Crippen molar-refractivity contribution in [1.82, 2.24) is 5.32 Å². The van der Waals surface area contributed by atoms with Crippen molar-refractivity contribution in [3.63, 3.8) is 0 Å². The highest BCUT2D eigenvalue weighted by Gasteiger charge is 2.56. The van der Waals surface area contributed by atoms with Crippen LogP contribution >= 0.6 is 0 Å². The van der Waals surface area contributed by atoms with Crippen LogP contribution < -0.4 is 5.32 Å². The molecule has 0 amide bonds. The molecule has 1 fully saturated rings. The molecule has 1 heterocycles. The zero-order chi connectivity index (χ0) is 8.60. The van der Waals surface area contributed by atoms with Crippen LogP contribution in [0.15, 0.2) is 36.1 Å². The number of hydrogen-bond donors (Lipinski definition) is 1. The highest BCUT2D eigenvalue weighted by atomic mass is 15.1. The lowest BCUT2D eigenvalue weighted by atomic mass is 10.0. The Kier molecular flexibility index (Phi) is 1.60. The van der Waals surface area contributed by atoms with Gasteiger partial charge in [0.25, 0.3) is 0 Å². The Morgan fingerprint density at radius 2 is 2.42 bits per heavy atom. The van der Waals surface area contributed by atoms with Gasteiger partial charge >= 0.3 is 0 Å². The molecule has 0 aromatic carbocycles. The molecular weight excluding hydrogens is 146 g/mol. The fourth-order valence-electron chi connectivity index (χ4n) is 2.03. The average molecular weight is 163 g/mol. The quantitative estimate of drug-likeness (QED) is 0.579. The summed E-state index contributed by atoms with van der Waals surface area (Å²) in [5.74, 6) is 0.780. The molecule has 1 nitrogen and oxygen atoms in total. The van der Waals surface area contributed by atoms with Crippen molar-refractivity contribution < 1.29 is 1.43 Å². The lowest BCUT2D eigenvalue weighted by molar-refractivity contribution is 0.670. The highest BCUT2D eigenvalue weighted by molar-refractivity contribution is 5.51. The van der Waals surface area contributed by atoms with E-state index < -0.39 is 0 Å². The van der Waals surface area contributed by atoms with E-state index in [0.29, 0.717) is 5.54 Å². The third-order valence-electron chi connectivity index (χ3n) is 2.75. The number of hydrogen-bond acceptors (Lipinski definition) is 1. The zero-order valence-electron chi connectivity index (χ0n) is 7.67. The van der Waals surface area contributed by atoms with E-state index in [0.717, 1.165) is 5.92 Å². The summed E-state index contributed by atoms with van der Waals surface area (Å²) in [6.07, 6.45) is 12.2. The SMILES string of the molecule is C1=CC2CC23NC=CC3=C1.CC.[HH]. The first-order valence-corrected chi connectivity index (χ1v) is 4.75. The molecule has 3 aliphatic rings. The van der Waals surface area contributed by atoms with Crippen LogP contribution in [-0.2, 0) is 0 Å². The van der Waals surface area contributed by atoms with Crippen LogP contribution in [0.4, 0.5) is 0 Å². The van der Waals surface area contributed by atoms with Gasteiger partial charge in [-0.2, -0.15) is 0 Å². The predicted octanol–water partition coefficient (Wildman–Crippen LogP) is 2.63. The first kappa shape index (κ1) is 7.66. The largest absolute Gasteiger partial charge is 0.381 e. The molecule has 0 aromatic rings. The van der Waals surface area contributed by atoms with Crippen LogP contribution in [0.1, 0.15) is 21.7 Å². The van der Waals surface area contributed by atoms with Gasteiger partial charge in [0, 0.05) is 7.34 Å². The third kappa shape index (κ3) is 0.795. The molecule has 3 rings (SSSR count). The van der Waals surface area contributed by atoms with E-state index in [1.54, 1.807) is 0 Å². The Bertz CT molecular complexity index is 278. The lowest BCUT2D eigenvalue weighted by Gasteiger charge is -2.13. The molecule has 2 aliphatic carbocycles. The summed E-state index contributed by atoms with van der Waals surface area (Å²) >= 11 is 0. The minimum absolute atomic E-state index is 0. The van der Waals surface area contributed by atoms with Crippen LogP contribution in [0.3, 0.4) is 0 Å². The van der Waals surface area contributed by atoms with E-state index in [1.807, 2.05) is 13.8 Å². The zero-order valence-corrected chi connectivity index (χ0v) is 7.67. The van der Waals surface area contributed by atoms with Crippen LogP contribution in [0.5, 0.6) is 0 Å². The smallest absolute Gasteiger partial charge is 0.0690 e. The van der Waals surface area contributed by atoms with Crippen LogP contribution in [0.25, 0.3) is 0 Å². The standard InChI is InChI=1S/C9H9N.C2H6.H2/c1-2-7-4-5-10-9(7)6-8(9)3-1;1-2;/h1-5,8,10H,6H2;1-2H3;1H. The van der Waals surface area contributed by atoms with E-state index in [1.165, 1.54) is 12.0 Å². The Morgan fingerprint density at radius 1 is 1.58 bits per heavy atom. The fourth-order valence-corrected chi connectivity index (χ4v) is 2.03. The minimum atomic E-state index is 0. The molecule has 0 bridgehead atoms. The van der Waals surface area contributed by atoms with Gasteiger partial charge in [-0.1, -0.05) is 32.1 Å². The summed E-state index contributed by atoms with van der Waals surface area (Å²) in [5.41, 5.74) is 1.84. The molecule has 2 unspecified atom stereocenters. The lowest BCUT2D eigenvalue weighted by Crippen LogP contribution is -2.26. The Balaban J connectivity index is 0.000000266. The van der Waals surface area contributed by atoms with Crippen molar-refractivity contribution in [2.24, 2.45) is 5.92 Å². The average Bonchev–Trinajstić information content (AvgIpc) is 2.70. The van der Waals surface area contributed by atoms with Crippen LogP contribution in [-0.4, -0.2) is 5.54 Å². The second kappa shape index (κ2) is 2.51. The van der Waals surface area contributed by atoms with Gasteiger partial charge in [-0.25, -0.2) is 0 Å². The summed E-state index contributed by atoms with van der Waals surface area (Å²) in [4.78, 5) is 0. The van der Waals surface area contributed by atoms with Crippen LogP contribution in [0, 0.1) is 5.92 Å². The Labute approximate surface area is 75.3 Å². The highest BCUT2D eigenvalue weighted by Crippen LogP contribution is 2.53. The monoisotopic (exact) mass is 163 g/mol. The number of rotatable bonds is 0. The third-order valence-corrected chi connectivity index (χ3v) is 2.75.